The molecule has 1 saturated carbocycles. The van der Waals surface area contributed by atoms with Crippen LogP contribution in [0.4, 0.5) is 0 Å². The highest BCUT2D eigenvalue weighted by molar-refractivity contribution is 6.31. The minimum atomic E-state index is -0.725. The zero-order chi connectivity index (χ0) is 15.5. The van der Waals surface area contributed by atoms with Gasteiger partial charge in [-0.25, -0.2) is 0 Å². The normalized spacial score (nSPS) is 19.3. The van der Waals surface area contributed by atoms with Gasteiger partial charge in [0.1, 0.15) is 6.10 Å². The number of rotatable bonds is 7. The first-order valence-corrected chi connectivity index (χ1v) is 8.06. The van der Waals surface area contributed by atoms with Crippen LogP contribution in [0.1, 0.15) is 44.4 Å². The molecule has 0 aromatic carbocycles. The molecule has 21 heavy (non-hydrogen) atoms. The van der Waals surface area contributed by atoms with E-state index in [-0.39, 0.29) is 0 Å². The first-order valence-electron chi connectivity index (χ1n) is 7.68. The molecule has 1 atom stereocenters. The van der Waals surface area contributed by atoms with Crippen molar-refractivity contribution in [3.63, 3.8) is 0 Å². The average molecular weight is 316 g/mol. The van der Waals surface area contributed by atoms with Crippen molar-refractivity contribution in [2.24, 2.45) is 0 Å². The van der Waals surface area contributed by atoms with E-state index >= 15 is 0 Å². The molecule has 1 heterocycles. The Balaban J connectivity index is 2.24. The lowest BCUT2D eigenvalue weighted by Gasteiger charge is -2.34. The summed E-state index contributed by atoms with van der Waals surface area (Å²) in [6, 6.07) is 0. The lowest BCUT2D eigenvalue weighted by atomic mass is 9.92. The molecule has 0 spiro atoms. The minimum Gasteiger partial charge on any atom is -0.384 e. The Morgan fingerprint density at radius 2 is 2.14 bits per heavy atom. The molecule has 0 bridgehead atoms. The molecule has 2 rings (SSSR count). The lowest BCUT2D eigenvalue weighted by Crippen LogP contribution is -2.38. The Morgan fingerprint density at radius 1 is 1.48 bits per heavy atom. The average Bonchev–Trinajstić information content (AvgIpc) is 3.04. The van der Waals surface area contributed by atoms with E-state index in [0.29, 0.717) is 23.9 Å². The van der Waals surface area contributed by atoms with Crippen LogP contribution in [-0.2, 0) is 11.3 Å². The van der Waals surface area contributed by atoms with Gasteiger partial charge in [-0.15, -0.1) is 0 Å². The topological polar surface area (TPSA) is 50.5 Å². The van der Waals surface area contributed by atoms with Crippen LogP contribution >= 0.6 is 11.6 Å². The molecule has 1 fully saturated rings. The number of aliphatic hydroxyl groups is 1. The fraction of sp³-hybridized carbons (Fsp3) is 0.800. The van der Waals surface area contributed by atoms with Gasteiger partial charge in [-0.2, -0.15) is 5.10 Å². The summed E-state index contributed by atoms with van der Waals surface area (Å²) < 4.78 is 7.76. The summed E-state index contributed by atoms with van der Waals surface area (Å²) in [5, 5.41) is 15.8. The Labute approximate surface area is 131 Å². The predicted octanol–water partition coefficient (Wildman–Crippen LogP) is 2.48. The first kappa shape index (κ1) is 16.7. The van der Waals surface area contributed by atoms with Crippen LogP contribution in [0.5, 0.6) is 0 Å². The molecule has 1 N–H and O–H groups in total. The van der Waals surface area contributed by atoms with Crippen LogP contribution in [0.15, 0.2) is 6.20 Å². The number of likely N-dealkylation sites (N-methyl/N-ethyl adjacent to an activating group) is 1. The molecule has 1 unspecified atom stereocenters. The molecule has 6 heteroatoms. The van der Waals surface area contributed by atoms with E-state index < -0.39 is 11.7 Å². The van der Waals surface area contributed by atoms with Crippen molar-refractivity contribution in [2.75, 3.05) is 27.2 Å². The van der Waals surface area contributed by atoms with E-state index in [2.05, 4.69) is 10.00 Å². The van der Waals surface area contributed by atoms with Crippen molar-refractivity contribution in [1.29, 1.82) is 0 Å². The van der Waals surface area contributed by atoms with E-state index in [1.165, 1.54) is 0 Å². The molecular formula is C15H26ClN3O2. The third kappa shape index (κ3) is 3.59. The van der Waals surface area contributed by atoms with Crippen LogP contribution in [0, 0.1) is 0 Å². The quantitative estimate of drug-likeness (QED) is 0.840. The summed E-state index contributed by atoms with van der Waals surface area (Å²) in [5.74, 6) is 0. The number of aliphatic hydroxyl groups excluding tert-OH is 1. The second-order valence-electron chi connectivity index (χ2n) is 6.01. The van der Waals surface area contributed by atoms with Gasteiger partial charge in [0.2, 0.25) is 0 Å². The second-order valence-corrected chi connectivity index (χ2v) is 6.42. The van der Waals surface area contributed by atoms with Crippen LogP contribution in [0.2, 0.25) is 5.02 Å². The maximum absolute atomic E-state index is 10.9. The van der Waals surface area contributed by atoms with Crippen molar-refractivity contribution >= 4 is 11.6 Å². The number of aromatic nitrogens is 2. The Morgan fingerprint density at radius 3 is 2.71 bits per heavy atom. The fourth-order valence-corrected chi connectivity index (χ4v) is 3.37. The highest BCUT2D eigenvalue weighted by Gasteiger charge is 2.44. The van der Waals surface area contributed by atoms with Crippen LogP contribution in [0.25, 0.3) is 0 Å². The van der Waals surface area contributed by atoms with Crippen LogP contribution in [-0.4, -0.2) is 52.6 Å². The SMILES string of the molecule is CCOC1(C(O)c2c(Cl)cnn2CCN(C)C)CCCC1. The van der Waals surface area contributed by atoms with Crippen molar-refractivity contribution < 1.29 is 9.84 Å². The van der Waals surface area contributed by atoms with Gasteiger partial charge in [-0.3, -0.25) is 4.68 Å². The maximum Gasteiger partial charge on any atom is 0.126 e. The number of hydrogen-bond acceptors (Lipinski definition) is 4. The van der Waals surface area contributed by atoms with Gasteiger partial charge in [-0.05, 0) is 33.9 Å². The zero-order valence-electron chi connectivity index (χ0n) is 13.2. The number of halogens is 1. The first-order chi connectivity index (χ1) is 10.00. The van der Waals surface area contributed by atoms with Crippen molar-refractivity contribution in [3.05, 3.63) is 16.9 Å². The monoisotopic (exact) mass is 315 g/mol. The fourth-order valence-electron chi connectivity index (χ4n) is 3.12. The molecule has 1 aliphatic rings. The van der Waals surface area contributed by atoms with Gasteiger partial charge >= 0.3 is 0 Å². The molecule has 0 amide bonds. The van der Waals surface area contributed by atoms with Gasteiger partial charge < -0.3 is 14.7 Å². The molecule has 1 aromatic rings. The summed E-state index contributed by atoms with van der Waals surface area (Å²) in [6.07, 6.45) is 4.80. The molecule has 0 radical (unpaired) electrons. The van der Waals surface area contributed by atoms with Crippen LogP contribution in [0.3, 0.4) is 0 Å². The Bertz CT molecular complexity index is 456. The van der Waals surface area contributed by atoms with Gasteiger partial charge in [0, 0.05) is 13.2 Å². The summed E-state index contributed by atoms with van der Waals surface area (Å²) in [5.41, 5.74) is 0.183. The maximum atomic E-state index is 10.9. The highest BCUT2D eigenvalue weighted by atomic mass is 35.5. The van der Waals surface area contributed by atoms with Gasteiger partial charge in [0.25, 0.3) is 0 Å². The summed E-state index contributed by atoms with van der Waals surface area (Å²) in [6.45, 7) is 4.12. The molecule has 120 valence electrons. The van der Waals surface area contributed by atoms with E-state index in [9.17, 15) is 5.11 Å². The molecule has 1 aromatic heterocycles. The van der Waals surface area contributed by atoms with Crippen LogP contribution < -0.4 is 0 Å². The molecule has 1 aliphatic carbocycles. The highest BCUT2D eigenvalue weighted by Crippen LogP contribution is 2.44. The number of hydrogen-bond donors (Lipinski definition) is 1. The van der Waals surface area contributed by atoms with E-state index in [0.717, 1.165) is 32.2 Å². The smallest absolute Gasteiger partial charge is 0.126 e. The predicted molar refractivity (Wildman–Crippen MR) is 83.6 cm³/mol. The lowest BCUT2D eigenvalue weighted by molar-refractivity contribution is -0.121. The largest absolute Gasteiger partial charge is 0.384 e. The van der Waals surface area contributed by atoms with E-state index in [1.54, 1.807) is 6.20 Å². The third-order valence-electron chi connectivity index (χ3n) is 4.23. The van der Waals surface area contributed by atoms with E-state index in [4.69, 9.17) is 16.3 Å². The van der Waals surface area contributed by atoms with Gasteiger partial charge in [-0.1, -0.05) is 24.4 Å². The second kappa shape index (κ2) is 7.09. The Kier molecular flexibility index (Phi) is 5.66. The molecular weight excluding hydrogens is 290 g/mol. The standard InChI is InChI=1S/C15H26ClN3O2/c1-4-21-15(7-5-6-8-15)14(20)13-12(16)11-17-19(13)10-9-18(2)3/h11,14,20H,4-10H2,1-3H3. The summed E-state index contributed by atoms with van der Waals surface area (Å²) in [4.78, 5) is 2.08. The summed E-state index contributed by atoms with van der Waals surface area (Å²) >= 11 is 6.28. The minimum absolute atomic E-state index is 0.506. The van der Waals surface area contributed by atoms with Gasteiger partial charge in [0.15, 0.2) is 0 Å². The van der Waals surface area contributed by atoms with Gasteiger partial charge in [0.05, 0.1) is 29.1 Å². The number of nitrogens with zero attached hydrogens (tertiary/aromatic N) is 3. The summed E-state index contributed by atoms with van der Waals surface area (Å²) in [7, 11) is 4.03. The number of ether oxygens (including phenoxy) is 1. The van der Waals surface area contributed by atoms with Crippen molar-refractivity contribution in [3.8, 4) is 0 Å². The Hall–Kier alpha value is -0.620. The zero-order valence-corrected chi connectivity index (χ0v) is 13.9. The molecule has 5 nitrogen and oxygen atoms in total. The third-order valence-corrected chi connectivity index (χ3v) is 4.52. The molecule has 0 aliphatic heterocycles. The molecule has 0 saturated heterocycles. The van der Waals surface area contributed by atoms with Crippen molar-refractivity contribution in [2.45, 2.75) is 50.9 Å². The van der Waals surface area contributed by atoms with E-state index in [1.807, 2.05) is 25.7 Å². The van der Waals surface area contributed by atoms with Crippen molar-refractivity contribution in [1.82, 2.24) is 14.7 Å².